The van der Waals surface area contributed by atoms with E-state index in [9.17, 15) is 8.42 Å². The van der Waals surface area contributed by atoms with Crippen LogP contribution in [0.3, 0.4) is 0 Å². The van der Waals surface area contributed by atoms with Gasteiger partial charge >= 0.3 is 0 Å². The van der Waals surface area contributed by atoms with E-state index in [-0.39, 0.29) is 4.90 Å². The SMILES string of the molecule is Cc1ccc(NC(=S)NCCc2ccccc2)cc1S(=O)(=O)Nc1ccccc1. The molecule has 29 heavy (non-hydrogen) atoms. The fourth-order valence-corrected chi connectivity index (χ4v) is 4.37. The molecule has 7 heteroatoms. The van der Waals surface area contributed by atoms with Crippen molar-refractivity contribution in [2.45, 2.75) is 18.2 Å². The number of thiocarbonyl (C=S) groups is 1. The lowest BCUT2D eigenvalue weighted by atomic mass is 10.1. The van der Waals surface area contributed by atoms with Gasteiger partial charge in [0.15, 0.2) is 5.11 Å². The predicted molar refractivity (Wildman–Crippen MR) is 123 cm³/mol. The summed E-state index contributed by atoms with van der Waals surface area (Å²) in [6.45, 7) is 2.45. The van der Waals surface area contributed by atoms with Crippen LogP contribution in [0.4, 0.5) is 11.4 Å². The molecule has 0 radical (unpaired) electrons. The summed E-state index contributed by atoms with van der Waals surface area (Å²) in [7, 11) is -3.71. The fraction of sp³-hybridized carbons (Fsp3) is 0.136. The van der Waals surface area contributed by atoms with Gasteiger partial charge in [0.1, 0.15) is 0 Å². The Balaban J connectivity index is 1.64. The van der Waals surface area contributed by atoms with Crippen molar-refractivity contribution >= 4 is 38.7 Å². The van der Waals surface area contributed by atoms with Crippen LogP contribution >= 0.6 is 12.2 Å². The monoisotopic (exact) mass is 425 g/mol. The minimum absolute atomic E-state index is 0.207. The molecule has 0 spiro atoms. The van der Waals surface area contributed by atoms with Crippen LogP contribution in [-0.4, -0.2) is 20.1 Å². The highest BCUT2D eigenvalue weighted by atomic mass is 32.2. The van der Waals surface area contributed by atoms with Gasteiger partial charge in [-0.2, -0.15) is 0 Å². The van der Waals surface area contributed by atoms with Crippen LogP contribution in [0.15, 0.2) is 83.8 Å². The number of hydrogen-bond acceptors (Lipinski definition) is 3. The highest BCUT2D eigenvalue weighted by molar-refractivity contribution is 7.92. The molecular weight excluding hydrogens is 402 g/mol. The van der Waals surface area contributed by atoms with Crippen molar-refractivity contribution in [1.29, 1.82) is 0 Å². The van der Waals surface area contributed by atoms with Crippen molar-refractivity contribution in [3.8, 4) is 0 Å². The van der Waals surface area contributed by atoms with Gasteiger partial charge in [0, 0.05) is 17.9 Å². The number of para-hydroxylation sites is 1. The fourth-order valence-electron chi connectivity index (χ4n) is 2.82. The second-order valence-corrected chi connectivity index (χ2v) is 8.63. The number of sulfonamides is 1. The lowest BCUT2D eigenvalue weighted by Crippen LogP contribution is -2.30. The molecule has 3 aromatic carbocycles. The first-order valence-electron chi connectivity index (χ1n) is 9.21. The number of anilines is 2. The minimum Gasteiger partial charge on any atom is -0.362 e. The maximum Gasteiger partial charge on any atom is 0.262 e. The summed E-state index contributed by atoms with van der Waals surface area (Å²) in [4.78, 5) is 0.207. The van der Waals surface area contributed by atoms with E-state index >= 15 is 0 Å². The average molecular weight is 426 g/mol. The molecule has 0 aliphatic rings. The van der Waals surface area contributed by atoms with Gasteiger partial charge in [-0.1, -0.05) is 54.6 Å². The molecule has 0 aromatic heterocycles. The first-order valence-corrected chi connectivity index (χ1v) is 11.1. The van der Waals surface area contributed by atoms with E-state index in [1.165, 1.54) is 5.56 Å². The number of benzene rings is 3. The molecule has 0 heterocycles. The van der Waals surface area contributed by atoms with Crippen molar-refractivity contribution in [1.82, 2.24) is 5.32 Å². The molecule has 0 atom stereocenters. The topological polar surface area (TPSA) is 70.2 Å². The number of hydrogen-bond donors (Lipinski definition) is 3. The Hall–Kier alpha value is -2.90. The summed E-state index contributed by atoms with van der Waals surface area (Å²) >= 11 is 5.34. The summed E-state index contributed by atoms with van der Waals surface area (Å²) in [5, 5.41) is 6.66. The van der Waals surface area contributed by atoms with Crippen LogP contribution in [0.25, 0.3) is 0 Å². The van der Waals surface area contributed by atoms with E-state index in [0.717, 1.165) is 6.42 Å². The van der Waals surface area contributed by atoms with Gasteiger partial charge in [-0.05, 0) is 61.0 Å². The van der Waals surface area contributed by atoms with Crippen LogP contribution in [-0.2, 0) is 16.4 Å². The number of nitrogens with one attached hydrogen (secondary N) is 3. The molecule has 0 saturated carbocycles. The molecule has 0 amide bonds. The molecule has 0 bridgehead atoms. The third-order valence-corrected chi connectivity index (χ3v) is 6.07. The Kier molecular flexibility index (Phi) is 6.85. The highest BCUT2D eigenvalue weighted by Crippen LogP contribution is 2.23. The zero-order valence-electron chi connectivity index (χ0n) is 16.1. The molecule has 5 nitrogen and oxygen atoms in total. The van der Waals surface area contributed by atoms with Crippen LogP contribution in [0.5, 0.6) is 0 Å². The van der Waals surface area contributed by atoms with Gasteiger partial charge < -0.3 is 10.6 Å². The normalized spacial score (nSPS) is 10.9. The Morgan fingerprint density at radius 1 is 0.897 bits per heavy atom. The Morgan fingerprint density at radius 2 is 1.55 bits per heavy atom. The third-order valence-electron chi connectivity index (χ3n) is 4.30. The molecular formula is C22H23N3O2S2. The molecule has 0 fully saturated rings. The average Bonchev–Trinajstić information content (AvgIpc) is 2.70. The van der Waals surface area contributed by atoms with E-state index in [0.29, 0.717) is 28.6 Å². The second kappa shape index (κ2) is 9.54. The van der Waals surface area contributed by atoms with E-state index in [1.807, 2.05) is 30.3 Å². The summed E-state index contributed by atoms with van der Waals surface area (Å²) < 4.78 is 28.2. The van der Waals surface area contributed by atoms with Gasteiger partial charge in [0.25, 0.3) is 10.0 Å². The minimum atomic E-state index is -3.71. The maximum atomic E-state index is 12.8. The van der Waals surface area contributed by atoms with Crippen LogP contribution in [0.2, 0.25) is 0 Å². The highest BCUT2D eigenvalue weighted by Gasteiger charge is 2.17. The van der Waals surface area contributed by atoms with Crippen molar-refractivity contribution in [2.24, 2.45) is 0 Å². The molecule has 3 rings (SSSR count). The summed E-state index contributed by atoms with van der Waals surface area (Å²) in [5.41, 5.74) is 3.00. The van der Waals surface area contributed by atoms with E-state index in [2.05, 4.69) is 27.5 Å². The van der Waals surface area contributed by atoms with Crippen molar-refractivity contribution in [3.63, 3.8) is 0 Å². The Labute approximate surface area is 177 Å². The van der Waals surface area contributed by atoms with E-state index in [4.69, 9.17) is 12.2 Å². The predicted octanol–water partition coefficient (Wildman–Crippen LogP) is 4.32. The smallest absolute Gasteiger partial charge is 0.262 e. The Bertz CT molecular complexity index is 1070. The number of rotatable bonds is 7. The largest absolute Gasteiger partial charge is 0.362 e. The van der Waals surface area contributed by atoms with E-state index < -0.39 is 10.0 Å². The van der Waals surface area contributed by atoms with Gasteiger partial charge in [-0.15, -0.1) is 0 Å². The van der Waals surface area contributed by atoms with E-state index in [1.54, 1.807) is 43.3 Å². The third kappa shape index (κ3) is 6.04. The summed E-state index contributed by atoms with van der Waals surface area (Å²) in [6.07, 6.45) is 0.844. The first kappa shape index (κ1) is 20.8. The molecule has 0 unspecified atom stereocenters. The Morgan fingerprint density at radius 3 is 2.24 bits per heavy atom. The van der Waals surface area contributed by atoms with Gasteiger partial charge in [0.2, 0.25) is 0 Å². The molecule has 3 N–H and O–H groups in total. The lowest BCUT2D eigenvalue weighted by molar-refractivity contribution is 0.600. The molecule has 0 aliphatic carbocycles. The second-order valence-electron chi connectivity index (χ2n) is 6.57. The van der Waals surface area contributed by atoms with Gasteiger partial charge in [-0.25, -0.2) is 8.42 Å². The maximum absolute atomic E-state index is 12.8. The van der Waals surface area contributed by atoms with Crippen molar-refractivity contribution in [2.75, 3.05) is 16.6 Å². The quantitative estimate of drug-likeness (QED) is 0.492. The van der Waals surface area contributed by atoms with Gasteiger partial charge in [0.05, 0.1) is 4.90 Å². The lowest BCUT2D eigenvalue weighted by Gasteiger charge is -2.14. The number of aryl methyl sites for hydroxylation is 1. The van der Waals surface area contributed by atoms with Gasteiger partial charge in [-0.3, -0.25) is 4.72 Å². The zero-order valence-corrected chi connectivity index (χ0v) is 17.7. The molecule has 3 aromatic rings. The van der Waals surface area contributed by atoms with Crippen molar-refractivity contribution in [3.05, 3.63) is 90.0 Å². The zero-order chi connectivity index (χ0) is 20.7. The van der Waals surface area contributed by atoms with Crippen LogP contribution in [0.1, 0.15) is 11.1 Å². The van der Waals surface area contributed by atoms with Crippen molar-refractivity contribution < 1.29 is 8.42 Å². The summed E-state index contributed by atoms with van der Waals surface area (Å²) in [6, 6.07) is 24.1. The molecule has 150 valence electrons. The standard InChI is InChI=1S/C22H23N3O2S2/c1-17-12-13-20(24-22(28)23-15-14-18-8-4-2-5-9-18)16-21(17)29(26,27)25-19-10-6-3-7-11-19/h2-13,16,25H,14-15H2,1H3,(H2,23,24,28). The molecule has 0 aliphatic heterocycles. The van der Waals surface area contributed by atoms with Crippen LogP contribution < -0.4 is 15.4 Å². The first-order chi connectivity index (χ1) is 13.9. The summed E-state index contributed by atoms with van der Waals surface area (Å²) in [5.74, 6) is 0. The molecule has 0 saturated heterocycles. The van der Waals surface area contributed by atoms with Crippen LogP contribution in [0, 0.1) is 6.92 Å².